The number of carboxylic acid groups (broad SMARTS) is 1. The fourth-order valence-corrected chi connectivity index (χ4v) is 1.95. The molecule has 1 atom stereocenters. The first-order valence-electron chi connectivity index (χ1n) is 6.95. The van der Waals surface area contributed by atoms with Gasteiger partial charge in [-0.1, -0.05) is 18.7 Å². The van der Waals surface area contributed by atoms with Gasteiger partial charge in [0.2, 0.25) is 11.8 Å². The van der Waals surface area contributed by atoms with E-state index < -0.39 is 24.4 Å². The predicted molar refractivity (Wildman–Crippen MR) is 81.2 cm³/mol. The molecule has 1 heterocycles. The summed E-state index contributed by atoms with van der Waals surface area (Å²) in [6.45, 7) is 3.04. The van der Waals surface area contributed by atoms with Crippen molar-refractivity contribution in [3.63, 3.8) is 0 Å². The van der Waals surface area contributed by atoms with Crippen molar-refractivity contribution in [3.8, 4) is 5.75 Å². The van der Waals surface area contributed by atoms with Crippen LogP contribution in [0, 0.1) is 5.92 Å². The summed E-state index contributed by atoms with van der Waals surface area (Å²) in [5.74, 6) is -2.52. The number of ether oxygens (including phenoxy) is 1. The van der Waals surface area contributed by atoms with Crippen LogP contribution in [0.5, 0.6) is 5.75 Å². The van der Waals surface area contributed by atoms with Gasteiger partial charge in [-0.3, -0.25) is 15.0 Å². The third-order valence-corrected chi connectivity index (χ3v) is 3.13. The van der Waals surface area contributed by atoms with Gasteiger partial charge < -0.3 is 20.1 Å². The van der Waals surface area contributed by atoms with Crippen LogP contribution in [0.25, 0.3) is 0 Å². The summed E-state index contributed by atoms with van der Waals surface area (Å²) < 4.78 is 5.05. The molecule has 0 saturated carbocycles. The highest BCUT2D eigenvalue weighted by Gasteiger charge is 2.29. The molecule has 1 saturated heterocycles. The summed E-state index contributed by atoms with van der Waals surface area (Å²) in [7, 11) is 0. The Hall–Kier alpha value is -3.36. The molecular formula is C15H15N4O5-. The molecule has 9 heteroatoms. The standard InChI is InChI=1S/C15H16N4O5/c1-9-11(15(23)19-17-9)6-13(20)18-16-7-10-4-2-3-5-12(10)24-8-14(21)22/h2-5,7,11,17H,1,6,8H2,(H,18,20)(H,19,23)(H,21,22)/p-1. The average Bonchev–Trinajstić information content (AvgIpc) is 2.86. The maximum Gasteiger partial charge on any atom is 0.247 e. The third-order valence-electron chi connectivity index (χ3n) is 3.13. The Bertz CT molecular complexity index is 685. The quantitative estimate of drug-likeness (QED) is 0.408. The molecule has 1 aromatic rings. The number of hydrogen-bond acceptors (Lipinski definition) is 7. The summed E-state index contributed by atoms with van der Waals surface area (Å²) in [4.78, 5) is 33.7. The van der Waals surface area contributed by atoms with Crippen molar-refractivity contribution in [2.24, 2.45) is 11.0 Å². The zero-order valence-electron chi connectivity index (χ0n) is 12.6. The number of carboxylic acids is 1. The number of para-hydroxylation sites is 1. The topological polar surface area (TPSA) is 132 Å². The number of carbonyl (C=O) groups is 3. The lowest BCUT2D eigenvalue weighted by molar-refractivity contribution is -0.307. The fourth-order valence-electron chi connectivity index (χ4n) is 1.95. The second-order valence-electron chi connectivity index (χ2n) is 4.89. The number of hydrogen-bond donors (Lipinski definition) is 3. The van der Waals surface area contributed by atoms with Gasteiger partial charge in [-0.15, -0.1) is 0 Å². The molecule has 1 aliphatic heterocycles. The Morgan fingerprint density at radius 1 is 1.38 bits per heavy atom. The lowest BCUT2D eigenvalue weighted by Gasteiger charge is -2.09. The molecule has 9 nitrogen and oxygen atoms in total. The van der Waals surface area contributed by atoms with Crippen molar-refractivity contribution >= 4 is 24.0 Å². The van der Waals surface area contributed by atoms with Crippen LogP contribution in [0.4, 0.5) is 0 Å². The van der Waals surface area contributed by atoms with Gasteiger partial charge >= 0.3 is 0 Å². The molecule has 0 spiro atoms. The van der Waals surface area contributed by atoms with Crippen LogP contribution in [-0.4, -0.2) is 30.6 Å². The number of carbonyl (C=O) groups excluding carboxylic acids is 3. The van der Waals surface area contributed by atoms with Crippen molar-refractivity contribution in [1.29, 1.82) is 0 Å². The maximum absolute atomic E-state index is 11.8. The van der Waals surface area contributed by atoms with E-state index in [4.69, 9.17) is 4.74 Å². The number of aliphatic carboxylic acids is 1. The first-order valence-corrected chi connectivity index (χ1v) is 6.95. The molecule has 2 amide bonds. The van der Waals surface area contributed by atoms with Crippen LogP contribution < -0.4 is 26.1 Å². The van der Waals surface area contributed by atoms with Crippen molar-refractivity contribution in [1.82, 2.24) is 16.3 Å². The number of hydrazine groups is 1. The number of nitrogens with one attached hydrogen (secondary N) is 3. The molecule has 24 heavy (non-hydrogen) atoms. The number of amides is 2. The van der Waals surface area contributed by atoms with Crippen LogP contribution in [0.15, 0.2) is 41.6 Å². The number of benzene rings is 1. The molecule has 0 radical (unpaired) electrons. The minimum atomic E-state index is -1.35. The molecule has 1 unspecified atom stereocenters. The van der Waals surface area contributed by atoms with Crippen molar-refractivity contribution < 1.29 is 24.2 Å². The van der Waals surface area contributed by atoms with E-state index >= 15 is 0 Å². The Morgan fingerprint density at radius 2 is 2.12 bits per heavy atom. The van der Waals surface area contributed by atoms with Crippen molar-refractivity contribution in [3.05, 3.63) is 42.1 Å². The first-order chi connectivity index (χ1) is 11.5. The highest BCUT2D eigenvalue weighted by atomic mass is 16.5. The number of nitrogens with zero attached hydrogens (tertiary/aromatic N) is 1. The normalized spacial score (nSPS) is 16.6. The molecular weight excluding hydrogens is 316 g/mol. The van der Waals surface area contributed by atoms with Crippen LogP contribution in [0.2, 0.25) is 0 Å². The average molecular weight is 331 g/mol. The van der Waals surface area contributed by atoms with Crippen molar-refractivity contribution in [2.75, 3.05) is 6.61 Å². The van der Waals surface area contributed by atoms with E-state index in [0.717, 1.165) is 0 Å². The summed E-state index contributed by atoms with van der Waals surface area (Å²) in [6.07, 6.45) is 1.21. The van der Waals surface area contributed by atoms with E-state index in [1.807, 2.05) is 0 Å². The number of rotatable bonds is 7. The minimum Gasteiger partial charge on any atom is -0.546 e. The van der Waals surface area contributed by atoms with Crippen molar-refractivity contribution in [2.45, 2.75) is 6.42 Å². The van der Waals surface area contributed by atoms with Gasteiger partial charge in [-0.25, -0.2) is 5.43 Å². The van der Waals surface area contributed by atoms with Crippen LogP contribution in [0.3, 0.4) is 0 Å². The smallest absolute Gasteiger partial charge is 0.247 e. The first kappa shape index (κ1) is 17.0. The van der Waals surface area contributed by atoms with Gasteiger partial charge in [0.15, 0.2) is 0 Å². The second-order valence-corrected chi connectivity index (χ2v) is 4.89. The molecule has 0 bridgehead atoms. The second kappa shape index (κ2) is 7.77. The Morgan fingerprint density at radius 3 is 2.79 bits per heavy atom. The lowest BCUT2D eigenvalue weighted by Crippen LogP contribution is -2.29. The van der Waals surface area contributed by atoms with Crippen LogP contribution >= 0.6 is 0 Å². The highest BCUT2D eigenvalue weighted by Crippen LogP contribution is 2.16. The van der Waals surface area contributed by atoms with E-state index in [9.17, 15) is 19.5 Å². The SMILES string of the molecule is C=C1NNC(=O)C1CC(=O)NN=Cc1ccccc1OCC(=O)[O-]. The Labute approximate surface area is 137 Å². The monoisotopic (exact) mass is 331 g/mol. The van der Waals surface area contributed by atoms with Gasteiger partial charge in [0.1, 0.15) is 12.4 Å². The molecule has 1 aromatic carbocycles. The molecule has 0 aromatic heterocycles. The lowest BCUT2D eigenvalue weighted by atomic mass is 10.0. The van der Waals surface area contributed by atoms with Crippen LogP contribution in [-0.2, 0) is 14.4 Å². The van der Waals surface area contributed by atoms with E-state index in [2.05, 4.69) is 28.0 Å². The van der Waals surface area contributed by atoms with Crippen LogP contribution in [0.1, 0.15) is 12.0 Å². The van der Waals surface area contributed by atoms with E-state index in [-0.39, 0.29) is 18.1 Å². The number of hydrazone groups is 1. The Balaban J connectivity index is 1.91. The summed E-state index contributed by atoms with van der Waals surface area (Å²) in [5.41, 5.74) is 8.10. The van der Waals surface area contributed by atoms with Gasteiger partial charge in [0.25, 0.3) is 0 Å². The van der Waals surface area contributed by atoms with E-state index in [1.54, 1.807) is 24.3 Å². The molecule has 2 rings (SSSR count). The minimum absolute atomic E-state index is 0.0994. The van der Waals surface area contributed by atoms with Gasteiger partial charge in [-0.05, 0) is 12.1 Å². The maximum atomic E-state index is 11.8. The van der Waals surface area contributed by atoms with E-state index in [1.165, 1.54) is 6.21 Å². The van der Waals surface area contributed by atoms with E-state index in [0.29, 0.717) is 11.3 Å². The summed E-state index contributed by atoms with van der Waals surface area (Å²) >= 11 is 0. The largest absolute Gasteiger partial charge is 0.546 e. The molecule has 3 N–H and O–H groups in total. The molecule has 1 fully saturated rings. The third kappa shape index (κ3) is 4.57. The fraction of sp³-hybridized carbons (Fsp3) is 0.200. The predicted octanol–water partition coefficient (Wildman–Crippen LogP) is -1.58. The van der Waals surface area contributed by atoms with Gasteiger partial charge in [0.05, 0.1) is 18.1 Å². The zero-order valence-corrected chi connectivity index (χ0v) is 12.6. The van der Waals surface area contributed by atoms with Gasteiger partial charge in [0, 0.05) is 17.7 Å². The summed E-state index contributed by atoms with van der Waals surface area (Å²) in [5, 5.41) is 14.2. The highest BCUT2D eigenvalue weighted by molar-refractivity contribution is 5.90. The zero-order chi connectivity index (χ0) is 17.5. The van der Waals surface area contributed by atoms with Gasteiger partial charge in [-0.2, -0.15) is 5.10 Å². The summed E-state index contributed by atoms with van der Waals surface area (Å²) in [6, 6.07) is 6.56. The molecule has 1 aliphatic rings. The molecule has 126 valence electrons. The molecule has 0 aliphatic carbocycles. The Kier molecular flexibility index (Phi) is 5.50.